The van der Waals surface area contributed by atoms with Crippen LogP contribution in [0.4, 0.5) is 11.5 Å². The predicted molar refractivity (Wildman–Crippen MR) is 93.0 cm³/mol. The van der Waals surface area contributed by atoms with E-state index in [1.54, 1.807) is 11.0 Å². The number of amides is 1. The Morgan fingerprint density at radius 2 is 2.12 bits per heavy atom. The molecule has 0 saturated heterocycles. The van der Waals surface area contributed by atoms with E-state index in [1.165, 1.54) is 0 Å². The normalized spacial score (nSPS) is 20.6. The lowest BCUT2D eigenvalue weighted by molar-refractivity contribution is -0.873. The van der Waals surface area contributed by atoms with E-state index in [4.69, 9.17) is 0 Å². The first-order chi connectivity index (χ1) is 11.6. The molecule has 1 aliphatic heterocycles. The van der Waals surface area contributed by atoms with Gasteiger partial charge in [0.05, 0.1) is 16.9 Å². The van der Waals surface area contributed by atoms with Gasteiger partial charge in [0.2, 0.25) is 0 Å². The van der Waals surface area contributed by atoms with Crippen LogP contribution in [-0.2, 0) is 11.3 Å². The zero-order valence-corrected chi connectivity index (χ0v) is 14.0. The molecule has 1 aromatic heterocycles. The van der Waals surface area contributed by atoms with Gasteiger partial charge in [-0.15, -0.1) is 6.58 Å². The molecule has 0 aliphatic carbocycles. The third-order valence-electron chi connectivity index (χ3n) is 4.39. The van der Waals surface area contributed by atoms with Crippen LogP contribution in [0.2, 0.25) is 0 Å². The molecule has 0 fully saturated rings. The Bertz CT molecular complexity index is 754. The summed E-state index contributed by atoms with van der Waals surface area (Å²) in [6, 6.07) is 9.06. The number of carbonyl (C=O) groups is 1. The van der Waals surface area contributed by atoms with Crippen molar-refractivity contribution in [1.82, 2.24) is 9.78 Å². The Labute approximate surface area is 141 Å². The van der Waals surface area contributed by atoms with Gasteiger partial charge >= 0.3 is 0 Å². The summed E-state index contributed by atoms with van der Waals surface area (Å²) in [6.07, 6.45) is 2.25. The van der Waals surface area contributed by atoms with Gasteiger partial charge in [0.25, 0.3) is 5.91 Å². The van der Waals surface area contributed by atoms with Gasteiger partial charge in [-0.1, -0.05) is 24.3 Å². The van der Waals surface area contributed by atoms with Crippen LogP contribution in [0.15, 0.2) is 43.0 Å². The smallest absolute Gasteiger partial charge is 0.288 e. The van der Waals surface area contributed by atoms with Crippen molar-refractivity contribution < 1.29 is 9.86 Å². The maximum absolute atomic E-state index is 12.9. The standard InChI is InChI=1S/C18H22N4O2/c1-4-9-15-17-13(3)19-20(5-2)18(17)22(16(23)12-21(15)24)14-10-7-6-8-11-14/h4,6-8,10-11,15,21H,1,5,9,12H2,2-3H3. The summed E-state index contributed by atoms with van der Waals surface area (Å²) in [5.41, 5.74) is 2.39. The van der Waals surface area contributed by atoms with Gasteiger partial charge in [-0.2, -0.15) is 5.10 Å². The van der Waals surface area contributed by atoms with Crippen molar-refractivity contribution in [2.45, 2.75) is 32.9 Å². The van der Waals surface area contributed by atoms with E-state index >= 15 is 0 Å². The fourth-order valence-electron chi connectivity index (χ4n) is 3.34. The van der Waals surface area contributed by atoms with Gasteiger partial charge in [0, 0.05) is 13.0 Å². The van der Waals surface area contributed by atoms with Crippen molar-refractivity contribution in [3.8, 4) is 0 Å². The van der Waals surface area contributed by atoms with E-state index in [0.717, 1.165) is 16.9 Å². The molecule has 0 bridgehead atoms. The van der Waals surface area contributed by atoms with Crippen LogP contribution in [0.1, 0.15) is 30.6 Å². The lowest BCUT2D eigenvalue weighted by Crippen LogP contribution is -3.08. The second-order valence-electron chi connectivity index (χ2n) is 5.92. The molecule has 2 unspecified atom stereocenters. The molecule has 3 rings (SSSR count). The number of fused-ring (bicyclic) bond motifs is 1. The molecule has 2 aromatic rings. The Morgan fingerprint density at radius 1 is 1.42 bits per heavy atom. The zero-order valence-electron chi connectivity index (χ0n) is 14.0. The molecular formula is C18H22N4O2. The first kappa shape index (κ1) is 16.4. The molecule has 0 spiro atoms. The number of carbonyl (C=O) groups excluding carboxylic acids is 1. The van der Waals surface area contributed by atoms with Gasteiger partial charge < -0.3 is 10.3 Å². The molecule has 6 nitrogen and oxygen atoms in total. The van der Waals surface area contributed by atoms with E-state index in [-0.39, 0.29) is 23.6 Å². The average Bonchev–Trinajstić information content (AvgIpc) is 2.84. The van der Waals surface area contributed by atoms with Crippen molar-refractivity contribution >= 4 is 17.4 Å². The van der Waals surface area contributed by atoms with Crippen LogP contribution in [0.3, 0.4) is 0 Å². The van der Waals surface area contributed by atoms with E-state index in [9.17, 15) is 10.0 Å². The van der Waals surface area contributed by atoms with Gasteiger partial charge in [0.1, 0.15) is 11.9 Å². The Kier molecular flexibility index (Phi) is 4.51. The Morgan fingerprint density at radius 3 is 2.75 bits per heavy atom. The number of hydrogen-bond acceptors (Lipinski definition) is 3. The number of aromatic nitrogens is 2. The van der Waals surface area contributed by atoms with Crippen LogP contribution >= 0.6 is 0 Å². The minimum atomic E-state index is -0.365. The number of rotatable bonds is 4. The number of para-hydroxylation sites is 1. The first-order valence-electron chi connectivity index (χ1n) is 8.17. The Hall–Kier alpha value is -2.44. The number of nitrogens with one attached hydrogen (secondary N) is 1. The van der Waals surface area contributed by atoms with Gasteiger partial charge in [-0.05, 0) is 26.0 Å². The topological polar surface area (TPSA) is 65.6 Å². The quantitative estimate of drug-likeness (QED) is 0.689. The summed E-state index contributed by atoms with van der Waals surface area (Å²) in [5, 5.41) is 17.2. The number of hydroxylamine groups is 2. The first-order valence-corrected chi connectivity index (χ1v) is 8.17. The minimum Gasteiger partial charge on any atom is -0.633 e. The molecule has 2 atom stereocenters. The Balaban J connectivity index is 2.26. The predicted octanol–water partition coefficient (Wildman–Crippen LogP) is 1.89. The highest BCUT2D eigenvalue weighted by molar-refractivity contribution is 6.01. The molecule has 1 N–H and O–H groups in total. The van der Waals surface area contributed by atoms with Crippen molar-refractivity contribution in [2.24, 2.45) is 0 Å². The zero-order chi connectivity index (χ0) is 17.3. The third-order valence-corrected chi connectivity index (χ3v) is 4.39. The van der Waals surface area contributed by atoms with Gasteiger partial charge in [-0.3, -0.25) is 9.69 Å². The molecular weight excluding hydrogens is 304 g/mol. The third kappa shape index (κ3) is 2.64. The minimum absolute atomic E-state index is 0.0710. The number of aryl methyl sites for hydroxylation is 2. The maximum Gasteiger partial charge on any atom is 0.288 e. The van der Waals surface area contributed by atoms with Gasteiger partial charge in [0.15, 0.2) is 6.54 Å². The summed E-state index contributed by atoms with van der Waals surface area (Å²) >= 11 is 0. The summed E-state index contributed by atoms with van der Waals surface area (Å²) < 4.78 is 1.81. The summed E-state index contributed by atoms with van der Waals surface area (Å²) in [7, 11) is 0. The van der Waals surface area contributed by atoms with Crippen LogP contribution in [0.5, 0.6) is 0 Å². The lowest BCUT2D eigenvalue weighted by atomic mass is 10.0. The number of nitrogens with zero attached hydrogens (tertiary/aromatic N) is 3. The van der Waals surface area contributed by atoms with E-state index in [1.807, 2.05) is 48.9 Å². The van der Waals surface area contributed by atoms with Crippen LogP contribution < -0.4 is 9.96 Å². The summed E-state index contributed by atoms with van der Waals surface area (Å²) in [4.78, 5) is 14.5. The largest absolute Gasteiger partial charge is 0.633 e. The molecule has 0 radical (unpaired) electrons. The van der Waals surface area contributed by atoms with Crippen LogP contribution in [-0.4, -0.2) is 22.2 Å². The molecule has 0 saturated carbocycles. The molecule has 24 heavy (non-hydrogen) atoms. The lowest BCUT2D eigenvalue weighted by Gasteiger charge is -2.28. The average molecular weight is 326 g/mol. The fraction of sp³-hybridized carbons (Fsp3) is 0.333. The van der Waals surface area contributed by atoms with Crippen molar-refractivity contribution in [2.75, 3.05) is 11.4 Å². The summed E-state index contributed by atoms with van der Waals surface area (Å²) in [6.45, 7) is 8.17. The van der Waals surface area contributed by atoms with Crippen molar-refractivity contribution in [3.63, 3.8) is 0 Å². The molecule has 1 amide bonds. The highest BCUT2D eigenvalue weighted by atomic mass is 16.5. The highest BCUT2D eigenvalue weighted by Crippen LogP contribution is 2.36. The van der Waals surface area contributed by atoms with Crippen LogP contribution in [0.25, 0.3) is 0 Å². The maximum atomic E-state index is 12.9. The molecule has 6 heteroatoms. The van der Waals surface area contributed by atoms with E-state index in [2.05, 4.69) is 11.7 Å². The number of benzene rings is 1. The molecule has 2 heterocycles. The summed E-state index contributed by atoms with van der Waals surface area (Å²) in [5.74, 6) is 0.498. The fourth-order valence-corrected chi connectivity index (χ4v) is 3.34. The second-order valence-corrected chi connectivity index (χ2v) is 5.92. The SMILES string of the molecule is C=CCC1c2c(C)nn(CC)c2N(c2ccccc2)C(=O)C[NH+]1[O-]. The highest BCUT2D eigenvalue weighted by Gasteiger charge is 2.37. The molecule has 126 valence electrons. The van der Waals surface area contributed by atoms with Gasteiger partial charge in [-0.25, -0.2) is 4.68 Å². The van der Waals surface area contributed by atoms with Crippen molar-refractivity contribution in [3.05, 3.63) is 59.5 Å². The monoisotopic (exact) mass is 326 g/mol. The van der Waals surface area contributed by atoms with Crippen molar-refractivity contribution in [1.29, 1.82) is 0 Å². The number of anilines is 2. The van der Waals surface area contributed by atoms with Crippen LogP contribution in [0, 0.1) is 12.1 Å². The molecule has 1 aromatic carbocycles. The molecule has 1 aliphatic rings. The number of hydrogen-bond donors (Lipinski definition) is 1. The number of quaternary nitrogens is 1. The van der Waals surface area contributed by atoms with E-state index < -0.39 is 0 Å². The second kappa shape index (κ2) is 6.59. The van der Waals surface area contributed by atoms with E-state index in [0.29, 0.717) is 18.8 Å².